The first-order chi connectivity index (χ1) is 22.2. The topological polar surface area (TPSA) is 96.5 Å². The van der Waals surface area contributed by atoms with Gasteiger partial charge in [-0.2, -0.15) is 0 Å². The normalized spacial score (nSPS) is 32.0. The van der Waals surface area contributed by atoms with Gasteiger partial charge in [-0.25, -0.2) is 4.98 Å². The van der Waals surface area contributed by atoms with E-state index in [9.17, 15) is 15.0 Å². The monoisotopic (exact) mass is 626 g/mol. The molecule has 0 radical (unpaired) electrons. The average Bonchev–Trinajstić information content (AvgIpc) is 3.55. The van der Waals surface area contributed by atoms with Gasteiger partial charge in [-0.3, -0.25) is 9.78 Å². The van der Waals surface area contributed by atoms with Crippen LogP contribution in [0.2, 0.25) is 0 Å². The van der Waals surface area contributed by atoms with E-state index in [4.69, 9.17) is 9.40 Å². The second-order valence-corrected chi connectivity index (χ2v) is 15.3. The molecule has 0 amide bonds. The third kappa shape index (κ3) is 6.49. The van der Waals surface area contributed by atoms with E-state index in [0.29, 0.717) is 30.6 Å². The Morgan fingerprint density at radius 1 is 1.15 bits per heavy atom. The first kappa shape index (κ1) is 33.1. The van der Waals surface area contributed by atoms with Crippen LogP contribution >= 0.6 is 0 Å². The van der Waals surface area contributed by atoms with E-state index in [1.807, 2.05) is 18.3 Å². The Morgan fingerprint density at radius 3 is 2.67 bits per heavy atom. The van der Waals surface area contributed by atoms with Gasteiger partial charge in [0.25, 0.3) is 0 Å². The lowest BCUT2D eigenvalue weighted by Crippen LogP contribution is -2.36. The first-order valence-corrected chi connectivity index (χ1v) is 18.0. The van der Waals surface area contributed by atoms with Crippen molar-refractivity contribution in [2.45, 2.75) is 128 Å². The van der Waals surface area contributed by atoms with E-state index in [1.165, 1.54) is 31.3 Å². The number of hydrogen-bond acceptors (Lipinski definition) is 6. The molecule has 4 fully saturated rings. The summed E-state index contributed by atoms with van der Waals surface area (Å²) in [6, 6.07) is 3.71. The third-order valence-electron chi connectivity index (χ3n) is 12.4. The van der Waals surface area contributed by atoms with Crippen LogP contribution in [0.15, 0.2) is 70.6 Å². The summed E-state index contributed by atoms with van der Waals surface area (Å²) in [7, 11) is 0. The predicted octanol–water partition coefficient (Wildman–Crippen LogP) is 8.50. The van der Waals surface area contributed by atoms with Crippen LogP contribution in [-0.4, -0.2) is 38.2 Å². The van der Waals surface area contributed by atoms with E-state index in [1.54, 1.807) is 12.4 Å². The molecule has 7 atom stereocenters. The highest BCUT2D eigenvalue weighted by atomic mass is 16.4. The molecule has 2 N–H and O–H groups in total. The number of Topliss-reactive ketones (excluding diaryl/α,β-unsaturated/α-hetero) is 1. The number of rotatable bonds is 12. The number of aryl methyl sites for hydroxylation is 1. The number of hydrogen-bond donors (Lipinski definition) is 2. The van der Waals surface area contributed by atoms with Crippen molar-refractivity contribution in [3.63, 3.8) is 0 Å². The fraction of sp³-hybridized carbons (Fsp3) is 0.625. The number of aliphatic hydroxyl groups excluding tert-OH is 2. The van der Waals surface area contributed by atoms with Crippen LogP contribution in [0.5, 0.6) is 0 Å². The molecule has 4 aliphatic rings. The van der Waals surface area contributed by atoms with Crippen molar-refractivity contribution in [2.75, 3.05) is 0 Å². The van der Waals surface area contributed by atoms with E-state index < -0.39 is 12.2 Å². The van der Waals surface area contributed by atoms with Crippen LogP contribution < -0.4 is 0 Å². The van der Waals surface area contributed by atoms with Crippen molar-refractivity contribution in [1.82, 2.24) is 9.97 Å². The minimum Gasteiger partial charge on any atom is -0.445 e. The molecule has 248 valence electrons. The van der Waals surface area contributed by atoms with Crippen molar-refractivity contribution in [1.29, 1.82) is 0 Å². The molecule has 0 spiro atoms. The predicted molar refractivity (Wildman–Crippen MR) is 181 cm³/mol. The fourth-order valence-corrected chi connectivity index (χ4v) is 9.54. The molecule has 2 aromatic heterocycles. The zero-order valence-electron chi connectivity index (χ0n) is 28.2. The number of ketones is 1. The summed E-state index contributed by atoms with van der Waals surface area (Å²) < 4.78 is 6.35. The van der Waals surface area contributed by atoms with Gasteiger partial charge in [0.1, 0.15) is 5.76 Å². The lowest BCUT2D eigenvalue weighted by atomic mass is 9.60. The molecule has 0 saturated heterocycles. The highest BCUT2D eigenvalue weighted by Gasteiger charge is 2.57. The number of oxazole rings is 1. The van der Waals surface area contributed by atoms with Gasteiger partial charge in [-0.05, 0) is 117 Å². The molecule has 6 rings (SSSR count). The Labute approximate surface area is 275 Å². The number of aliphatic hydroxyl groups is 2. The van der Waals surface area contributed by atoms with Crippen LogP contribution in [0.3, 0.4) is 0 Å². The van der Waals surface area contributed by atoms with Gasteiger partial charge in [0, 0.05) is 36.7 Å². The summed E-state index contributed by atoms with van der Waals surface area (Å²) in [4.78, 5) is 23.1. The minimum absolute atomic E-state index is 0.150. The van der Waals surface area contributed by atoms with E-state index in [2.05, 4.69) is 44.5 Å². The summed E-state index contributed by atoms with van der Waals surface area (Å²) in [6.45, 7) is 11.2. The lowest BCUT2D eigenvalue weighted by Gasteiger charge is -2.44. The zero-order valence-corrected chi connectivity index (χ0v) is 28.2. The largest absolute Gasteiger partial charge is 0.445 e. The van der Waals surface area contributed by atoms with Gasteiger partial charge in [-0.15, -0.1) is 0 Å². The summed E-state index contributed by atoms with van der Waals surface area (Å²) in [5.41, 5.74) is 3.93. The number of carbonyl (C=O) groups is 1. The highest BCUT2D eigenvalue weighted by Crippen LogP contribution is 2.61. The van der Waals surface area contributed by atoms with Gasteiger partial charge < -0.3 is 14.6 Å². The summed E-state index contributed by atoms with van der Waals surface area (Å²) in [5.74, 6) is 3.42. The standard InChI is InChI=1S/C40H54N2O4/c1-5-6-9-32-25-42-38(46-32)40(19-20-40)35(37(45)29-16-21-41-22-17-29)13-10-26(2)33-14-15-34-28(8-7-18-39(33,34)4)11-12-30-23-31(43)24-36(44)27(30)3/h11-12,16-17,21-22,25-26,31,33-36,43-44H,3,5-10,13-15,18-20,23-24H2,1-2,4H3/b28-11+,30-12-/t26-,31-,33-,34+,35+,36+,39-/m1/s1. The van der Waals surface area contributed by atoms with Crippen molar-refractivity contribution in [3.8, 4) is 0 Å². The number of allylic oxidation sites excluding steroid dienone is 3. The molecule has 4 aliphatic carbocycles. The molecular formula is C40H54N2O4. The van der Waals surface area contributed by atoms with Crippen LogP contribution in [0.25, 0.3) is 0 Å². The van der Waals surface area contributed by atoms with Gasteiger partial charge >= 0.3 is 0 Å². The number of unbranched alkanes of at least 4 members (excludes halogenated alkanes) is 1. The SMILES string of the molecule is C=C1/C(=C\C=C2/CCC[C@]3(C)[C@@H]([C@H](C)CC[C@@H](C(=O)c4ccncc4)C4(c5ncc(CCCC)o5)CC4)CC[C@@H]23)C[C@@H](O)C[C@@H]1O. The molecule has 4 saturated carbocycles. The number of carbonyl (C=O) groups excluding carboxylic acids is 1. The van der Waals surface area contributed by atoms with Gasteiger partial charge in [0.05, 0.1) is 23.8 Å². The van der Waals surface area contributed by atoms with Crippen LogP contribution in [0, 0.1) is 29.1 Å². The fourth-order valence-electron chi connectivity index (χ4n) is 9.54. The average molecular weight is 627 g/mol. The van der Waals surface area contributed by atoms with Crippen molar-refractivity contribution < 1.29 is 19.4 Å². The maximum absolute atomic E-state index is 14.2. The Morgan fingerprint density at radius 2 is 1.93 bits per heavy atom. The molecule has 6 heteroatoms. The zero-order chi connectivity index (χ0) is 32.5. The van der Waals surface area contributed by atoms with Crippen LogP contribution in [0.1, 0.15) is 126 Å². The summed E-state index contributed by atoms with van der Waals surface area (Å²) in [5, 5.41) is 20.6. The molecule has 6 nitrogen and oxygen atoms in total. The maximum atomic E-state index is 14.2. The molecule has 0 aliphatic heterocycles. The smallest absolute Gasteiger partial charge is 0.201 e. The summed E-state index contributed by atoms with van der Waals surface area (Å²) in [6.07, 6.45) is 22.3. The van der Waals surface area contributed by atoms with Crippen molar-refractivity contribution >= 4 is 5.78 Å². The Kier molecular flexibility index (Phi) is 9.87. The van der Waals surface area contributed by atoms with Crippen LogP contribution in [-0.2, 0) is 11.8 Å². The second-order valence-electron chi connectivity index (χ2n) is 15.3. The second kappa shape index (κ2) is 13.7. The molecule has 2 aromatic rings. The number of fused-ring (bicyclic) bond motifs is 1. The van der Waals surface area contributed by atoms with E-state index in [-0.39, 0.29) is 22.5 Å². The first-order valence-electron chi connectivity index (χ1n) is 18.0. The van der Waals surface area contributed by atoms with Crippen molar-refractivity contribution in [2.24, 2.45) is 29.1 Å². The summed E-state index contributed by atoms with van der Waals surface area (Å²) >= 11 is 0. The van der Waals surface area contributed by atoms with Gasteiger partial charge in [0.15, 0.2) is 5.78 Å². The molecular weight excluding hydrogens is 572 g/mol. The molecule has 46 heavy (non-hydrogen) atoms. The number of nitrogens with zero attached hydrogens (tertiary/aromatic N) is 2. The Balaban J connectivity index is 1.19. The molecule has 0 aromatic carbocycles. The molecule has 2 heterocycles. The molecule has 0 unspecified atom stereocenters. The Hall–Kier alpha value is -2.83. The van der Waals surface area contributed by atoms with E-state index >= 15 is 0 Å². The molecule has 0 bridgehead atoms. The van der Waals surface area contributed by atoms with Crippen molar-refractivity contribution in [3.05, 3.63) is 83.4 Å². The lowest BCUT2D eigenvalue weighted by molar-refractivity contribution is 0.0792. The number of aromatic nitrogens is 2. The minimum atomic E-state index is -0.655. The number of pyridine rings is 1. The maximum Gasteiger partial charge on any atom is 0.201 e. The third-order valence-corrected chi connectivity index (χ3v) is 12.4. The quantitative estimate of drug-likeness (QED) is 0.229. The van der Waals surface area contributed by atoms with Gasteiger partial charge in [-0.1, -0.05) is 51.5 Å². The Bertz CT molecular complexity index is 1450. The van der Waals surface area contributed by atoms with Crippen LogP contribution in [0.4, 0.5) is 0 Å². The highest BCUT2D eigenvalue weighted by molar-refractivity contribution is 5.99. The van der Waals surface area contributed by atoms with Gasteiger partial charge in [0.2, 0.25) is 5.89 Å². The van der Waals surface area contributed by atoms with E-state index in [0.717, 1.165) is 79.7 Å².